The van der Waals surface area contributed by atoms with E-state index < -0.39 is 11.4 Å². The van der Waals surface area contributed by atoms with E-state index in [1.165, 1.54) is 5.01 Å². The molecular formula is C13H20N2O2S. The molecule has 1 aliphatic heterocycles. The molecule has 1 saturated heterocycles. The topological polar surface area (TPSA) is 53.4 Å². The van der Waals surface area contributed by atoms with Crippen molar-refractivity contribution in [3.05, 3.63) is 16.1 Å². The van der Waals surface area contributed by atoms with Crippen LogP contribution in [0.15, 0.2) is 5.38 Å². The summed E-state index contributed by atoms with van der Waals surface area (Å²) in [7, 11) is 0. The first kappa shape index (κ1) is 13.5. The molecule has 1 aromatic rings. The minimum atomic E-state index is -0.663. The monoisotopic (exact) mass is 268 g/mol. The highest BCUT2D eigenvalue weighted by atomic mass is 32.1. The summed E-state index contributed by atoms with van der Waals surface area (Å²) in [5.74, 6) is -0.663. The lowest BCUT2D eigenvalue weighted by atomic mass is 9.80. The van der Waals surface area contributed by atoms with Crippen LogP contribution in [-0.2, 0) is 17.8 Å². The summed E-state index contributed by atoms with van der Waals surface area (Å²) < 4.78 is 0. The van der Waals surface area contributed by atoms with Crippen LogP contribution in [0, 0.1) is 5.41 Å². The number of aryl methyl sites for hydroxylation is 1. The molecule has 1 aliphatic rings. The Morgan fingerprint density at radius 1 is 1.56 bits per heavy atom. The van der Waals surface area contributed by atoms with E-state index in [0.29, 0.717) is 0 Å². The van der Waals surface area contributed by atoms with Crippen LogP contribution in [-0.4, -0.2) is 34.0 Å². The van der Waals surface area contributed by atoms with Gasteiger partial charge >= 0.3 is 5.97 Å². The van der Waals surface area contributed by atoms with Gasteiger partial charge in [-0.2, -0.15) is 0 Å². The number of nitrogens with zero attached hydrogens (tertiary/aromatic N) is 2. The predicted molar refractivity (Wildman–Crippen MR) is 71.7 cm³/mol. The average Bonchev–Trinajstić information content (AvgIpc) is 2.80. The largest absolute Gasteiger partial charge is 0.481 e. The molecule has 0 atom stereocenters. The van der Waals surface area contributed by atoms with Gasteiger partial charge in [-0.1, -0.05) is 6.92 Å². The van der Waals surface area contributed by atoms with Crippen molar-refractivity contribution in [1.29, 1.82) is 0 Å². The van der Waals surface area contributed by atoms with Gasteiger partial charge in [0, 0.05) is 11.9 Å². The number of aliphatic carboxylic acids is 1. The maximum absolute atomic E-state index is 11.2. The van der Waals surface area contributed by atoms with Crippen LogP contribution in [0.3, 0.4) is 0 Å². The van der Waals surface area contributed by atoms with Crippen molar-refractivity contribution >= 4 is 17.3 Å². The zero-order chi connectivity index (χ0) is 13.2. The van der Waals surface area contributed by atoms with Crippen molar-refractivity contribution in [2.24, 2.45) is 5.41 Å². The van der Waals surface area contributed by atoms with Crippen molar-refractivity contribution in [2.75, 3.05) is 13.1 Å². The Kier molecular flexibility index (Phi) is 4.02. The summed E-state index contributed by atoms with van der Waals surface area (Å²) in [5.41, 5.74) is 0.587. The third-order valence-corrected chi connectivity index (χ3v) is 4.81. The van der Waals surface area contributed by atoms with E-state index in [1.807, 2.05) is 6.92 Å². The fourth-order valence-electron chi connectivity index (χ4n) is 2.23. The maximum Gasteiger partial charge on any atom is 0.309 e. The number of carboxylic acid groups (broad SMARTS) is 1. The summed E-state index contributed by atoms with van der Waals surface area (Å²) >= 11 is 1.71. The Morgan fingerprint density at radius 2 is 2.22 bits per heavy atom. The first-order valence-electron chi connectivity index (χ1n) is 6.42. The van der Waals surface area contributed by atoms with Crippen molar-refractivity contribution < 1.29 is 9.90 Å². The first-order chi connectivity index (χ1) is 8.53. The van der Waals surface area contributed by atoms with Crippen molar-refractivity contribution in [2.45, 2.75) is 39.7 Å². The summed E-state index contributed by atoms with van der Waals surface area (Å²) in [6.45, 7) is 6.52. The SMILES string of the molecule is CCc1nc(CN2CCC(C)(C(=O)O)CC2)cs1. The van der Waals surface area contributed by atoms with Crippen LogP contribution in [0.1, 0.15) is 37.4 Å². The third kappa shape index (κ3) is 2.90. The van der Waals surface area contributed by atoms with Crippen molar-refractivity contribution in [3.63, 3.8) is 0 Å². The van der Waals surface area contributed by atoms with Crippen LogP contribution in [0.25, 0.3) is 0 Å². The lowest BCUT2D eigenvalue weighted by Gasteiger charge is -2.36. The second-order valence-corrected chi connectivity index (χ2v) is 6.17. The van der Waals surface area contributed by atoms with Gasteiger partial charge in [-0.15, -0.1) is 11.3 Å². The maximum atomic E-state index is 11.2. The fraction of sp³-hybridized carbons (Fsp3) is 0.692. The van der Waals surface area contributed by atoms with Gasteiger partial charge in [0.2, 0.25) is 0 Å². The van der Waals surface area contributed by atoms with Gasteiger partial charge in [-0.3, -0.25) is 9.69 Å². The van der Waals surface area contributed by atoms with Crippen LogP contribution < -0.4 is 0 Å². The van der Waals surface area contributed by atoms with Gasteiger partial charge in [0.15, 0.2) is 0 Å². The predicted octanol–water partition coefficient (Wildman–Crippen LogP) is 2.39. The van der Waals surface area contributed by atoms with E-state index in [1.54, 1.807) is 11.3 Å². The van der Waals surface area contributed by atoms with Crippen LogP contribution >= 0.6 is 11.3 Å². The molecule has 1 N–H and O–H groups in total. The van der Waals surface area contributed by atoms with Gasteiger partial charge in [0.1, 0.15) is 0 Å². The summed E-state index contributed by atoms with van der Waals surface area (Å²) in [6.07, 6.45) is 2.45. The molecule has 0 spiro atoms. The standard InChI is InChI=1S/C13H20N2O2S/c1-3-11-14-10(9-18-11)8-15-6-4-13(2,5-7-15)12(16)17/h9H,3-8H2,1-2H3,(H,16,17). The number of carboxylic acids is 1. The van der Waals surface area contributed by atoms with Crippen molar-refractivity contribution in [1.82, 2.24) is 9.88 Å². The molecule has 4 nitrogen and oxygen atoms in total. The number of carbonyl (C=O) groups is 1. The molecule has 0 amide bonds. The molecule has 0 unspecified atom stereocenters. The Hall–Kier alpha value is -0.940. The number of hydrogen-bond acceptors (Lipinski definition) is 4. The zero-order valence-electron chi connectivity index (χ0n) is 11.0. The lowest BCUT2D eigenvalue weighted by molar-refractivity contribution is -0.150. The average molecular weight is 268 g/mol. The molecule has 100 valence electrons. The Balaban J connectivity index is 1.89. The highest BCUT2D eigenvalue weighted by Crippen LogP contribution is 2.31. The first-order valence-corrected chi connectivity index (χ1v) is 7.30. The molecule has 18 heavy (non-hydrogen) atoms. The van der Waals surface area contributed by atoms with Crippen LogP contribution in [0.2, 0.25) is 0 Å². The Morgan fingerprint density at radius 3 is 2.72 bits per heavy atom. The van der Waals surface area contributed by atoms with E-state index >= 15 is 0 Å². The second-order valence-electron chi connectivity index (χ2n) is 5.23. The Labute approximate surface area is 112 Å². The van der Waals surface area contributed by atoms with E-state index in [-0.39, 0.29) is 0 Å². The lowest BCUT2D eigenvalue weighted by Crippen LogP contribution is -2.42. The quantitative estimate of drug-likeness (QED) is 0.911. The minimum Gasteiger partial charge on any atom is -0.481 e. The van der Waals surface area contributed by atoms with Crippen molar-refractivity contribution in [3.8, 4) is 0 Å². The number of rotatable bonds is 4. The molecule has 1 aromatic heterocycles. The molecule has 5 heteroatoms. The van der Waals surface area contributed by atoms with Crippen LogP contribution in [0.5, 0.6) is 0 Å². The van der Waals surface area contributed by atoms with E-state index in [2.05, 4.69) is 22.2 Å². The normalized spacial score (nSPS) is 19.9. The van der Waals surface area contributed by atoms with E-state index in [4.69, 9.17) is 0 Å². The molecule has 0 saturated carbocycles. The molecule has 2 rings (SSSR count). The van der Waals surface area contributed by atoms with Gasteiger partial charge in [-0.05, 0) is 39.3 Å². The molecular weight excluding hydrogens is 248 g/mol. The van der Waals surface area contributed by atoms with E-state index in [9.17, 15) is 9.90 Å². The highest BCUT2D eigenvalue weighted by molar-refractivity contribution is 7.09. The van der Waals surface area contributed by atoms with Crippen LogP contribution in [0.4, 0.5) is 0 Å². The highest BCUT2D eigenvalue weighted by Gasteiger charge is 2.36. The molecule has 0 aliphatic carbocycles. The van der Waals surface area contributed by atoms with Gasteiger partial charge in [-0.25, -0.2) is 4.98 Å². The van der Waals surface area contributed by atoms with Gasteiger partial charge < -0.3 is 5.11 Å². The Bertz CT molecular complexity index is 422. The summed E-state index contributed by atoms with van der Waals surface area (Å²) in [5, 5.41) is 12.5. The number of hydrogen-bond donors (Lipinski definition) is 1. The zero-order valence-corrected chi connectivity index (χ0v) is 11.8. The van der Waals surface area contributed by atoms with Gasteiger partial charge in [0.05, 0.1) is 16.1 Å². The number of likely N-dealkylation sites (tertiary alicyclic amines) is 1. The number of thiazole rings is 1. The smallest absolute Gasteiger partial charge is 0.309 e. The number of piperidine rings is 1. The summed E-state index contributed by atoms with van der Waals surface area (Å²) in [6, 6.07) is 0. The minimum absolute atomic E-state index is 0.535. The molecule has 0 radical (unpaired) electrons. The third-order valence-electron chi connectivity index (χ3n) is 3.76. The second kappa shape index (κ2) is 5.36. The number of aromatic nitrogens is 1. The fourth-order valence-corrected chi connectivity index (χ4v) is 2.97. The van der Waals surface area contributed by atoms with Gasteiger partial charge in [0.25, 0.3) is 0 Å². The molecule has 0 aromatic carbocycles. The molecule has 1 fully saturated rings. The molecule has 2 heterocycles. The molecule has 0 bridgehead atoms. The summed E-state index contributed by atoms with van der Waals surface area (Å²) in [4.78, 5) is 18.0. The van der Waals surface area contributed by atoms with E-state index in [0.717, 1.165) is 44.6 Å².